The predicted molar refractivity (Wildman–Crippen MR) is 102 cm³/mol. The summed E-state index contributed by atoms with van der Waals surface area (Å²) < 4.78 is 27.5. The molecule has 1 aliphatic rings. The van der Waals surface area contributed by atoms with Crippen LogP contribution in [0.3, 0.4) is 0 Å². The second-order valence-corrected chi connectivity index (χ2v) is 9.43. The van der Waals surface area contributed by atoms with Crippen molar-refractivity contribution in [3.8, 4) is 0 Å². The van der Waals surface area contributed by atoms with Crippen LogP contribution in [0.1, 0.15) is 41.9 Å². The lowest BCUT2D eigenvalue weighted by atomic mass is 10.0. The smallest absolute Gasteiger partial charge is 0.243 e. The molecular weight excluding hydrogens is 370 g/mol. The van der Waals surface area contributed by atoms with Gasteiger partial charge in [-0.2, -0.15) is 4.31 Å². The lowest BCUT2D eigenvalue weighted by Gasteiger charge is -2.31. The van der Waals surface area contributed by atoms with Crippen LogP contribution in [0.2, 0.25) is 0 Å². The summed E-state index contributed by atoms with van der Waals surface area (Å²) in [6, 6.07) is 7.04. The van der Waals surface area contributed by atoms with Gasteiger partial charge in [0, 0.05) is 31.3 Å². The molecule has 26 heavy (non-hydrogen) atoms. The Hall–Kier alpha value is -1.77. The normalized spacial score (nSPS) is 18.6. The van der Waals surface area contributed by atoms with E-state index in [1.807, 2.05) is 18.4 Å². The molecule has 3 rings (SSSR count). The van der Waals surface area contributed by atoms with Crippen LogP contribution >= 0.6 is 11.3 Å². The van der Waals surface area contributed by atoms with Crippen molar-refractivity contribution >= 4 is 27.3 Å². The van der Waals surface area contributed by atoms with E-state index in [9.17, 15) is 13.2 Å². The topological polar surface area (TPSA) is 79.4 Å². The zero-order valence-electron chi connectivity index (χ0n) is 14.9. The van der Waals surface area contributed by atoms with Gasteiger partial charge < -0.3 is 5.32 Å². The van der Waals surface area contributed by atoms with E-state index < -0.39 is 10.0 Å². The first-order valence-electron chi connectivity index (χ1n) is 8.62. The number of hydrogen-bond acceptors (Lipinski definition) is 5. The molecule has 2 aromatic rings. The average molecular weight is 394 g/mol. The van der Waals surface area contributed by atoms with Gasteiger partial charge in [-0.15, -0.1) is 11.3 Å². The number of nitrogens with zero attached hydrogens (tertiary/aromatic N) is 2. The minimum Gasteiger partial charge on any atom is -0.351 e. The van der Waals surface area contributed by atoms with E-state index in [0.717, 1.165) is 29.1 Å². The van der Waals surface area contributed by atoms with Crippen LogP contribution in [0.5, 0.6) is 0 Å². The molecule has 1 amide bonds. The minimum absolute atomic E-state index is 0.0901. The SMILES string of the molecule is CC(=O)NCc1csc([C@@H]2CCCN(S(=O)(=O)c3cccc(C)c3)C2)n1. The zero-order chi connectivity index (χ0) is 18.7. The van der Waals surface area contributed by atoms with Gasteiger partial charge in [0.15, 0.2) is 0 Å². The molecule has 1 atom stereocenters. The van der Waals surface area contributed by atoms with E-state index in [2.05, 4.69) is 10.3 Å². The summed E-state index contributed by atoms with van der Waals surface area (Å²) >= 11 is 1.53. The lowest BCUT2D eigenvalue weighted by Crippen LogP contribution is -2.39. The fourth-order valence-electron chi connectivity index (χ4n) is 3.09. The number of piperidine rings is 1. The van der Waals surface area contributed by atoms with Gasteiger partial charge >= 0.3 is 0 Å². The second kappa shape index (κ2) is 7.85. The molecule has 0 aliphatic carbocycles. The van der Waals surface area contributed by atoms with Crippen molar-refractivity contribution in [1.29, 1.82) is 0 Å². The Balaban J connectivity index is 1.74. The van der Waals surface area contributed by atoms with Crippen LogP contribution in [-0.2, 0) is 21.4 Å². The standard InChI is InChI=1S/C18H23N3O3S2/c1-13-5-3-7-17(9-13)26(23,24)21-8-4-6-15(11-21)18-20-16(12-25-18)10-19-14(2)22/h3,5,7,9,12,15H,4,6,8,10-11H2,1-2H3,(H,19,22)/t15-/m1/s1. The number of aryl methyl sites for hydroxylation is 1. The van der Waals surface area contributed by atoms with Gasteiger partial charge in [0.2, 0.25) is 15.9 Å². The van der Waals surface area contributed by atoms with Crippen LogP contribution in [0.15, 0.2) is 34.5 Å². The van der Waals surface area contributed by atoms with Gasteiger partial charge in [-0.3, -0.25) is 4.79 Å². The summed E-state index contributed by atoms with van der Waals surface area (Å²) in [4.78, 5) is 16.0. The van der Waals surface area contributed by atoms with Crippen LogP contribution in [0.4, 0.5) is 0 Å². The highest BCUT2D eigenvalue weighted by Gasteiger charge is 2.32. The highest BCUT2D eigenvalue weighted by molar-refractivity contribution is 7.89. The maximum atomic E-state index is 13.0. The number of rotatable bonds is 5. The van der Waals surface area contributed by atoms with Gasteiger partial charge in [-0.1, -0.05) is 12.1 Å². The van der Waals surface area contributed by atoms with Crippen LogP contribution < -0.4 is 5.32 Å². The van der Waals surface area contributed by atoms with E-state index in [1.165, 1.54) is 18.3 Å². The molecule has 0 spiro atoms. The van der Waals surface area contributed by atoms with Gasteiger partial charge in [-0.25, -0.2) is 13.4 Å². The van der Waals surface area contributed by atoms with E-state index >= 15 is 0 Å². The van der Waals surface area contributed by atoms with Crippen molar-refractivity contribution in [2.45, 2.75) is 44.0 Å². The number of amides is 1. The summed E-state index contributed by atoms with van der Waals surface area (Å²) in [7, 11) is -3.49. The largest absolute Gasteiger partial charge is 0.351 e. The maximum absolute atomic E-state index is 13.0. The summed E-state index contributed by atoms with van der Waals surface area (Å²) in [6.45, 7) is 4.76. The van der Waals surface area contributed by atoms with E-state index in [0.29, 0.717) is 24.5 Å². The summed E-state index contributed by atoms with van der Waals surface area (Å²) in [5, 5.41) is 5.61. The van der Waals surface area contributed by atoms with Crippen molar-refractivity contribution in [2.75, 3.05) is 13.1 Å². The Morgan fingerprint density at radius 1 is 1.42 bits per heavy atom. The number of carbonyl (C=O) groups is 1. The molecule has 1 saturated heterocycles. The van der Waals surface area contributed by atoms with Crippen molar-refractivity contribution in [3.63, 3.8) is 0 Å². The Bertz CT molecular complexity index is 893. The molecule has 0 unspecified atom stereocenters. The van der Waals surface area contributed by atoms with Gasteiger partial charge in [0.25, 0.3) is 0 Å². The first-order valence-corrected chi connectivity index (χ1v) is 10.9. The van der Waals surface area contributed by atoms with Crippen molar-refractivity contribution < 1.29 is 13.2 Å². The Kier molecular flexibility index (Phi) is 5.74. The Morgan fingerprint density at radius 2 is 2.23 bits per heavy atom. The van der Waals surface area contributed by atoms with Crippen molar-refractivity contribution in [1.82, 2.24) is 14.6 Å². The quantitative estimate of drug-likeness (QED) is 0.847. The first-order chi connectivity index (χ1) is 12.4. The third-order valence-corrected chi connectivity index (χ3v) is 7.37. The third kappa shape index (κ3) is 4.31. The number of hydrogen-bond donors (Lipinski definition) is 1. The highest BCUT2D eigenvalue weighted by atomic mass is 32.2. The number of benzene rings is 1. The molecule has 1 N–H and O–H groups in total. The molecule has 6 nitrogen and oxygen atoms in total. The fraction of sp³-hybridized carbons (Fsp3) is 0.444. The van der Waals surface area contributed by atoms with Crippen molar-refractivity contribution in [3.05, 3.63) is 45.9 Å². The van der Waals surface area contributed by atoms with Gasteiger partial charge in [0.05, 0.1) is 22.1 Å². The monoisotopic (exact) mass is 393 g/mol. The van der Waals surface area contributed by atoms with E-state index in [4.69, 9.17) is 0 Å². The van der Waals surface area contributed by atoms with Crippen LogP contribution in [0.25, 0.3) is 0 Å². The molecule has 2 heterocycles. The predicted octanol–water partition coefficient (Wildman–Crippen LogP) is 2.66. The zero-order valence-corrected chi connectivity index (χ0v) is 16.6. The molecule has 1 aromatic heterocycles. The minimum atomic E-state index is -3.49. The second-order valence-electron chi connectivity index (χ2n) is 6.61. The average Bonchev–Trinajstić information content (AvgIpc) is 3.09. The maximum Gasteiger partial charge on any atom is 0.243 e. The van der Waals surface area contributed by atoms with Crippen LogP contribution in [-0.4, -0.2) is 36.7 Å². The summed E-state index contributed by atoms with van der Waals surface area (Å²) in [5.74, 6) is 0.00653. The summed E-state index contributed by atoms with van der Waals surface area (Å²) in [5.41, 5.74) is 1.75. The van der Waals surface area contributed by atoms with Gasteiger partial charge in [0.1, 0.15) is 0 Å². The molecule has 1 aliphatic heterocycles. The number of thiazole rings is 1. The fourth-order valence-corrected chi connectivity index (χ4v) is 5.67. The Labute approximate surface area is 158 Å². The molecule has 140 valence electrons. The summed E-state index contributed by atoms with van der Waals surface area (Å²) in [6.07, 6.45) is 1.74. The van der Waals surface area contributed by atoms with E-state index in [-0.39, 0.29) is 11.8 Å². The lowest BCUT2D eigenvalue weighted by molar-refractivity contribution is -0.119. The number of aromatic nitrogens is 1. The molecule has 0 saturated carbocycles. The molecule has 8 heteroatoms. The van der Waals surface area contributed by atoms with Crippen molar-refractivity contribution in [2.24, 2.45) is 0 Å². The van der Waals surface area contributed by atoms with E-state index in [1.54, 1.807) is 22.5 Å². The molecule has 1 aromatic carbocycles. The van der Waals surface area contributed by atoms with Gasteiger partial charge in [-0.05, 0) is 37.5 Å². The van der Waals surface area contributed by atoms with Crippen LogP contribution in [0, 0.1) is 6.92 Å². The number of nitrogens with one attached hydrogen (secondary N) is 1. The third-order valence-electron chi connectivity index (χ3n) is 4.45. The molecule has 1 fully saturated rings. The molecular formula is C18H23N3O3S2. The molecule has 0 bridgehead atoms. The molecule has 0 radical (unpaired) electrons. The Morgan fingerprint density at radius 3 is 2.96 bits per heavy atom. The number of carbonyl (C=O) groups excluding carboxylic acids is 1. The number of sulfonamides is 1. The highest BCUT2D eigenvalue weighted by Crippen LogP contribution is 2.32. The first kappa shape index (κ1) is 19.0.